The van der Waals surface area contributed by atoms with E-state index in [1.807, 2.05) is 111 Å². The molecule has 4 aromatic carbocycles. The molecule has 0 bridgehead atoms. The Balaban J connectivity index is 1.46. The minimum absolute atomic E-state index is 0.192. The van der Waals surface area contributed by atoms with Gasteiger partial charge in [-0.05, 0) is 72.8 Å². The second-order valence-electron chi connectivity index (χ2n) is 9.97. The van der Waals surface area contributed by atoms with Crippen molar-refractivity contribution in [2.45, 2.75) is 0 Å². The lowest BCUT2D eigenvalue weighted by atomic mass is 10.0. The molecule has 4 rings (SSSR count). The van der Waals surface area contributed by atoms with Gasteiger partial charge in [0.2, 0.25) is 0 Å². The Morgan fingerprint density at radius 2 is 1.00 bits per heavy atom. The molecule has 0 saturated carbocycles. The SMILES string of the molecule is C=CCON=C(c1ccc(NC(=O)c2ccc(N(C)C)cc2)cc1)c1ccc(NC(=O)c2ccc(N(C)C)cc2)cc1. The van der Waals surface area contributed by atoms with E-state index in [4.69, 9.17) is 4.84 Å². The van der Waals surface area contributed by atoms with Crippen LogP contribution in [0.4, 0.5) is 22.7 Å². The molecule has 0 radical (unpaired) electrons. The number of oxime groups is 1. The van der Waals surface area contributed by atoms with E-state index in [1.54, 1.807) is 30.3 Å². The summed E-state index contributed by atoms with van der Waals surface area (Å²) in [5.41, 5.74) is 6.69. The van der Waals surface area contributed by atoms with Crippen LogP contribution in [0.2, 0.25) is 0 Å². The summed E-state index contributed by atoms with van der Waals surface area (Å²) in [7, 11) is 7.82. The summed E-state index contributed by atoms with van der Waals surface area (Å²) in [6.45, 7) is 3.93. The second-order valence-corrected chi connectivity index (χ2v) is 9.97. The van der Waals surface area contributed by atoms with Gasteiger partial charge in [-0.25, -0.2) is 0 Å². The van der Waals surface area contributed by atoms with Crippen molar-refractivity contribution < 1.29 is 14.4 Å². The van der Waals surface area contributed by atoms with Crippen LogP contribution in [0.1, 0.15) is 31.8 Å². The molecule has 0 aliphatic rings. The largest absolute Gasteiger partial charge is 0.391 e. The van der Waals surface area contributed by atoms with Crippen molar-refractivity contribution in [3.05, 3.63) is 132 Å². The van der Waals surface area contributed by atoms with Gasteiger partial charge < -0.3 is 25.3 Å². The van der Waals surface area contributed by atoms with Crippen molar-refractivity contribution in [2.24, 2.45) is 5.16 Å². The molecule has 2 amide bonds. The maximum absolute atomic E-state index is 12.7. The first-order chi connectivity index (χ1) is 20.2. The highest BCUT2D eigenvalue weighted by Crippen LogP contribution is 2.20. The highest BCUT2D eigenvalue weighted by Gasteiger charge is 2.12. The molecular formula is C34H35N5O3. The number of carbonyl (C=O) groups excluding carboxylic acids is 2. The number of benzene rings is 4. The number of nitrogens with zero attached hydrogens (tertiary/aromatic N) is 3. The lowest BCUT2D eigenvalue weighted by Gasteiger charge is -2.13. The van der Waals surface area contributed by atoms with Crippen molar-refractivity contribution in [1.29, 1.82) is 0 Å². The Labute approximate surface area is 246 Å². The first-order valence-corrected chi connectivity index (χ1v) is 13.4. The fourth-order valence-corrected chi connectivity index (χ4v) is 4.08. The van der Waals surface area contributed by atoms with Crippen molar-refractivity contribution >= 4 is 40.3 Å². The summed E-state index contributed by atoms with van der Waals surface area (Å²) in [5, 5.41) is 10.2. The molecule has 0 spiro atoms. The Morgan fingerprint density at radius 3 is 1.33 bits per heavy atom. The zero-order valence-electron chi connectivity index (χ0n) is 24.3. The van der Waals surface area contributed by atoms with E-state index in [-0.39, 0.29) is 18.4 Å². The molecule has 0 aromatic heterocycles. The van der Waals surface area contributed by atoms with Gasteiger partial charge >= 0.3 is 0 Å². The predicted molar refractivity (Wildman–Crippen MR) is 172 cm³/mol. The highest BCUT2D eigenvalue weighted by atomic mass is 16.6. The van der Waals surface area contributed by atoms with Crippen LogP contribution in [0.25, 0.3) is 0 Å². The van der Waals surface area contributed by atoms with Crippen LogP contribution >= 0.6 is 0 Å². The number of amides is 2. The fraction of sp³-hybridized carbons (Fsp3) is 0.147. The molecule has 0 saturated heterocycles. The normalized spacial score (nSPS) is 10.3. The Kier molecular flexibility index (Phi) is 9.73. The summed E-state index contributed by atoms with van der Waals surface area (Å²) in [5.74, 6) is -0.384. The molecule has 8 heteroatoms. The molecule has 8 nitrogen and oxygen atoms in total. The standard InChI is InChI=1S/C34H35N5O3/c1-6-23-42-37-32(24-7-15-28(16-8-24)35-33(40)26-11-19-30(20-12-26)38(2)3)25-9-17-29(18-10-25)36-34(41)27-13-21-31(22-14-27)39(4)5/h6-22H,1,23H2,2-5H3,(H,35,40)(H,36,41). The van der Waals surface area contributed by atoms with Gasteiger partial charge in [-0.2, -0.15) is 0 Å². The molecule has 0 aliphatic carbocycles. The third kappa shape index (κ3) is 7.63. The van der Waals surface area contributed by atoms with Crippen LogP contribution in [0.15, 0.2) is 115 Å². The zero-order valence-corrected chi connectivity index (χ0v) is 24.3. The first kappa shape index (κ1) is 29.6. The molecule has 0 heterocycles. The van der Waals surface area contributed by atoms with Crippen LogP contribution in [-0.4, -0.2) is 52.3 Å². The van der Waals surface area contributed by atoms with Gasteiger partial charge in [-0.15, -0.1) is 0 Å². The number of nitrogens with one attached hydrogen (secondary N) is 2. The van der Waals surface area contributed by atoms with E-state index in [9.17, 15) is 9.59 Å². The lowest BCUT2D eigenvalue weighted by molar-refractivity contribution is 0.101. The van der Waals surface area contributed by atoms with Gasteiger partial charge in [0.25, 0.3) is 11.8 Å². The molecule has 214 valence electrons. The van der Waals surface area contributed by atoms with Crippen molar-refractivity contribution in [3.8, 4) is 0 Å². The third-order valence-corrected chi connectivity index (χ3v) is 6.47. The first-order valence-electron chi connectivity index (χ1n) is 13.4. The molecule has 0 fully saturated rings. The topological polar surface area (TPSA) is 86.3 Å². The van der Waals surface area contributed by atoms with Crippen LogP contribution in [0, 0.1) is 0 Å². The predicted octanol–water partition coefficient (Wildman–Crippen LogP) is 6.28. The Morgan fingerprint density at radius 1 is 0.643 bits per heavy atom. The highest BCUT2D eigenvalue weighted by molar-refractivity contribution is 6.13. The summed E-state index contributed by atoms with van der Waals surface area (Å²) in [6, 6.07) is 29.6. The van der Waals surface area contributed by atoms with E-state index in [0.717, 1.165) is 22.5 Å². The monoisotopic (exact) mass is 561 g/mol. The number of hydrogen-bond donors (Lipinski definition) is 2. The molecule has 42 heavy (non-hydrogen) atoms. The van der Waals surface area contributed by atoms with Gasteiger partial charge in [0.15, 0.2) is 0 Å². The van der Waals surface area contributed by atoms with E-state index in [0.29, 0.717) is 28.2 Å². The van der Waals surface area contributed by atoms with Gasteiger partial charge in [0.1, 0.15) is 12.3 Å². The Hall–Kier alpha value is -5.37. The average Bonchev–Trinajstić information content (AvgIpc) is 3.00. The quantitative estimate of drug-likeness (QED) is 0.0975. The van der Waals surface area contributed by atoms with Gasteiger partial charge in [0.05, 0.1) is 0 Å². The average molecular weight is 562 g/mol. The smallest absolute Gasteiger partial charge is 0.255 e. The van der Waals surface area contributed by atoms with E-state index >= 15 is 0 Å². The minimum atomic E-state index is -0.192. The van der Waals surface area contributed by atoms with Gasteiger partial charge in [-0.3, -0.25) is 9.59 Å². The van der Waals surface area contributed by atoms with E-state index < -0.39 is 0 Å². The van der Waals surface area contributed by atoms with Crippen molar-refractivity contribution in [2.75, 3.05) is 55.2 Å². The lowest BCUT2D eigenvalue weighted by Crippen LogP contribution is -2.14. The number of anilines is 4. The molecule has 2 N–H and O–H groups in total. The molecule has 4 aromatic rings. The minimum Gasteiger partial charge on any atom is -0.391 e. The molecule has 0 unspecified atom stereocenters. The maximum atomic E-state index is 12.7. The van der Waals surface area contributed by atoms with E-state index in [1.165, 1.54) is 0 Å². The number of rotatable bonds is 11. The Bertz CT molecular complexity index is 1430. The van der Waals surface area contributed by atoms with Gasteiger partial charge in [0, 0.05) is 73.2 Å². The van der Waals surface area contributed by atoms with Gasteiger partial charge in [-0.1, -0.05) is 42.1 Å². The molecule has 0 aliphatic heterocycles. The molecular weight excluding hydrogens is 526 g/mol. The summed E-state index contributed by atoms with van der Waals surface area (Å²) in [4.78, 5) is 34.9. The summed E-state index contributed by atoms with van der Waals surface area (Å²) >= 11 is 0. The van der Waals surface area contributed by atoms with Crippen molar-refractivity contribution in [1.82, 2.24) is 0 Å². The summed E-state index contributed by atoms with van der Waals surface area (Å²) < 4.78 is 0. The van der Waals surface area contributed by atoms with Crippen molar-refractivity contribution in [3.63, 3.8) is 0 Å². The van der Waals surface area contributed by atoms with Crippen LogP contribution in [-0.2, 0) is 4.84 Å². The summed E-state index contributed by atoms with van der Waals surface area (Å²) in [6.07, 6.45) is 1.62. The molecule has 0 atom stereocenters. The van der Waals surface area contributed by atoms with Crippen LogP contribution in [0.5, 0.6) is 0 Å². The fourth-order valence-electron chi connectivity index (χ4n) is 4.08. The van der Waals surface area contributed by atoms with E-state index in [2.05, 4.69) is 22.4 Å². The second kappa shape index (κ2) is 13.8. The third-order valence-electron chi connectivity index (χ3n) is 6.47. The number of hydrogen-bond acceptors (Lipinski definition) is 6. The van der Waals surface area contributed by atoms with Crippen LogP contribution < -0.4 is 20.4 Å². The van der Waals surface area contributed by atoms with Crippen LogP contribution in [0.3, 0.4) is 0 Å². The zero-order chi connectivity index (χ0) is 30.1. The maximum Gasteiger partial charge on any atom is 0.255 e. The number of carbonyl (C=O) groups is 2.